The summed E-state index contributed by atoms with van der Waals surface area (Å²) in [5.74, 6) is 0.350. The maximum absolute atomic E-state index is 11.0. The minimum Gasteiger partial charge on any atom is -0.364 e. The summed E-state index contributed by atoms with van der Waals surface area (Å²) in [7, 11) is 0. The van der Waals surface area contributed by atoms with Gasteiger partial charge in [-0.1, -0.05) is 0 Å². The lowest BCUT2D eigenvalue weighted by Gasteiger charge is -2.17. The summed E-state index contributed by atoms with van der Waals surface area (Å²) in [4.78, 5) is 11.0. The number of fused-ring (bicyclic) bond motifs is 1. The molecule has 0 unspecified atom stereocenters. The van der Waals surface area contributed by atoms with Crippen molar-refractivity contribution in [1.82, 2.24) is 15.1 Å². The van der Waals surface area contributed by atoms with Crippen molar-refractivity contribution in [3.8, 4) is 0 Å². The number of carbonyl (C=O) groups is 1. The van der Waals surface area contributed by atoms with E-state index in [1.807, 2.05) is 0 Å². The predicted octanol–water partition coefficient (Wildman–Crippen LogP) is -0.735. The van der Waals surface area contributed by atoms with E-state index in [9.17, 15) is 4.79 Å². The molecular weight excluding hydrogens is 194 g/mol. The summed E-state index contributed by atoms with van der Waals surface area (Å²) in [5, 5.41) is 10.6. The highest BCUT2D eigenvalue weighted by atomic mass is 16.1. The second kappa shape index (κ2) is 2.83. The van der Waals surface area contributed by atoms with Gasteiger partial charge in [-0.25, -0.2) is 4.68 Å². The highest BCUT2D eigenvalue weighted by Crippen LogP contribution is 2.23. The molecule has 1 amide bonds. The predicted molar refractivity (Wildman–Crippen MR) is 54.3 cm³/mol. The molecule has 1 aromatic heterocycles. The number of hydrogen-bond acceptors (Lipinski definition) is 4. The number of nitrogens with two attached hydrogens (primary N) is 1. The van der Waals surface area contributed by atoms with Crippen molar-refractivity contribution in [3.05, 3.63) is 23.0 Å². The van der Waals surface area contributed by atoms with Crippen LogP contribution < -0.4 is 16.4 Å². The molecule has 6 nitrogen and oxygen atoms in total. The summed E-state index contributed by atoms with van der Waals surface area (Å²) >= 11 is 0. The number of amides is 1. The first-order chi connectivity index (χ1) is 7.24. The van der Waals surface area contributed by atoms with Gasteiger partial charge in [-0.2, -0.15) is 5.10 Å². The number of nitrogens with zero attached hydrogens (tertiary/aromatic N) is 2. The standard InChI is InChI=1S/C9H11N5O/c10-9(15)6-1-8-12-7-3-11-2-5(7)4-14(8)13-6/h1,11-12H,2-4H2,(H2,10,15). The molecule has 0 spiro atoms. The fourth-order valence-corrected chi connectivity index (χ4v) is 1.95. The number of aromatic nitrogens is 2. The number of carbonyl (C=O) groups excluding carboxylic acids is 1. The smallest absolute Gasteiger partial charge is 0.269 e. The SMILES string of the molecule is NC(=O)c1cc2n(n1)CC1=C(CNC1)N2. The van der Waals surface area contributed by atoms with Crippen molar-refractivity contribution in [2.45, 2.75) is 6.54 Å². The van der Waals surface area contributed by atoms with Gasteiger partial charge >= 0.3 is 0 Å². The van der Waals surface area contributed by atoms with Gasteiger partial charge in [-0.3, -0.25) is 4.79 Å². The summed E-state index contributed by atoms with van der Waals surface area (Å²) in [6.07, 6.45) is 0. The molecule has 0 fully saturated rings. The first-order valence-corrected chi connectivity index (χ1v) is 4.80. The fourth-order valence-electron chi connectivity index (χ4n) is 1.95. The van der Waals surface area contributed by atoms with Crippen LogP contribution in [0, 0.1) is 0 Å². The van der Waals surface area contributed by atoms with E-state index < -0.39 is 5.91 Å². The average Bonchev–Trinajstić information content (AvgIpc) is 2.77. The van der Waals surface area contributed by atoms with Crippen molar-refractivity contribution in [1.29, 1.82) is 0 Å². The Morgan fingerprint density at radius 2 is 2.40 bits per heavy atom. The molecule has 15 heavy (non-hydrogen) atoms. The Hall–Kier alpha value is -1.82. The third-order valence-corrected chi connectivity index (χ3v) is 2.72. The first kappa shape index (κ1) is 8.49. The van der Waals surface area contributed by atoms with Crippen LogP contribution in [0.25, 0.3) is 0 Å². The van der Waals surface area contributed by atoms with Crippen LogP contribution in [-0.2, 0) is 6.54 Å². The molecule has 4 N–H and O–H groups in total. The number of anilines is 1. The molecule has 0 atom stereocenters. The third-order valence-electron chi connectivity index (χ3n) is 2.72. The summed E-state index contributed by atoms with van der Waals surface area (Å²) < 4.78 is 1.77. The summed E-state index contributed by atoms with van der Waals surface area (Å²) in [6, 6.07) is 1.68. The van der Waals surface area contributed by atoms with Crippen LogP contribution in [0.15, 0.2) is 17.3 Å². The Labute approximate surface area is 86.1 Å². The Bertz CT molecular complexity index is 439. The van der Waals surface area contributed by atoms with Gasteiger partial charge in [0.1, 0.15) is 5.82 Å². The molecule has 0 saturated heterocycles. The molecule has 2 aliphatic rings. The van der Waals surface area contributed by atoms with E-state index in [0.717, 1.165) is 25.5 Å². The lowest BCUT2D eigenvalue weighted by molar-refractivity contribution is 0.0995. The molecular formula is C9H11N5O. The van der Waals surface area contributed by atoms with E-state index in [1.54, 1.807) is 10.7 Å². The van der Waals surface area contributed by atoms with E-state index in [4.69, 9.17) is 5.73 Å². The molecule has 78 valence electrons. The third kappa shape index (κ3) is 1.22. The fraction of sp³-hybridized carbons (Fsp3) is 0.333. The second-order valence-corrected chi connectivity index (χ2v) is 3.75. The van der Waals surface area contributed by atoms with E-state index in [0.29, 0.717) is 5.69 Å². The van der Waals surface area contributed by atoms with Gasteiger partial charge in [0.15, 0.2) is 5.69 Å². The van der Waals surface area contributed by atoms with Crippen LogP contribution in [0.4, 0.5) is 5.82 Å². The number of nitrogens with one attached hydrogen (secondary N) is 2. The van der Waals surface area contributed by atoms with Crippen molar-refractivity contribution in [3.63, 3.8) is 0 Å². The van der Waals surface area contributed by atoms with Crippen LogP contribution in [0.1, 0.15) is 10.5 Å². The van der Waals surface area contributed by atoms with Gasteiger partial charge in [-0.15, -0.1) is 0 Å². The first-order valence-electron chi connectivity index (χ1n) is 4.80. The van der Waals surface area contributed by atoms with Crippen molar-refractivity contribution >= 4 is 11.7 Å². The van der Waals surface area contributed by atoms with Crippen LogP contribution in [-0.4, -0.2) is 28.8 Å². The molecule has 0 aliphatic carbocycles. The normalized spacial score (nSPS) is 18.4. The zero-order valence-corrected chi connectivity index (χ0v) is 8.08. The molecule has 0 saturated carbocycles. The maximum atomic E-state index is 11.0. The van der Waals surface area contributed by atoms with Gasteiger partial charge in [0.25, 0.3) is 5.91 Å². The Balaban J connectivity index is 1.97. The average molecular weight is 205 g/mol. The number of hydrogen-bond donors (Lipinski definition) is 3. The van der Waals surface area contributed by atoms with Crippen molar-refractivity contribution in [2.24, 2.45) is 5.73 Å². The summed E-state index contributed by atoms with van der Waals surface area (Å²) in [5.41, 5.74) is 7.97. The lowest BCUT2D eigenvalue weighted by Crippen LogP contribution is -2.18. The van der Waals surface area contributed by atoms with Crippen LogP contribution >= 0.6 is 0 Å². The summed E-state index contributed by atoms with van der Waals surface area (Å²) in [6.45, 7) is 2.47. The molecule has 6 heteroatoms. The highest BCUT2D eigenvalue weighted by Gasteiger charge is 2.23. The zero-order chi connectivity index (χ0) is 10.4. The van der Waals surface area contributed by atoms with Crippen molar-refractivity contribution in [2.75, 3.05) is 18.4 Å². The number of rotatable bonds is 1. The highest BCUT2D eigenvalue weighted by molar-refractivity contribution is 5.91. The lowest BCUT2D eigenvalue weighted by atomic mass is 10.2. The van der Waals surface area contributed by atoms with E-state index in [2.05, 4.69) is 15.7 Å². The maximum Gasteiger partial charge on any atom is 0.269 e. The van der Waals surface area contributed by atoms with E-state index >= 15 is 0 Å². The molecule has 0 radical (unpaired) electrons. The van der Waals surface area contributed by atoms with Crippen LogP contribution in [0.2, 0.25) is 0 Å². The second-order valence-electron chi connectivity index (χ2n) is 3.75. The Morgan fingerprint density at radius 3 is 3.20 bits per heavy atom. The zero-order valence-electron chi connectivity index (χ0n) is 8.08. The van der Waals surface area contributed by atoms with Gasteiger partial charge in [0.05, 0.1) is 6.54 Å². The van der Waals surface area contributed by atoms with Gasteiger partial charge < -0.3 is 16.4 Å². The molecule has 3 heterocycles. The van der Waals surface area contributed by atoms with E-state index in [-0.39, 0.29) is 0 Å². The Kier molecular flexibility index (Phi) is 1.60. The van der Waals surface area contributed by atoms with Gasteiger partial charge in [0, 0.05) is 24.9 Å². The molecule has 1 aromatic rings. The largest absolute Gasteiger partial charge is 0.364 e. The van der Waals surface area contributed by atoms with Crippen LogP contribution in [0.3, 0.4) is 0 Å². The van der Waals surface area contributed by atoms with Gasteiger partial charge in [0.2, 0.25) is 0 Å². The van der Waals surface area contributed by atoms with E-state index in [1.165, 1.54) is 11.3 Å². The quantitative estimate of drug-likeness (QED) is 0.564. The topological polar surface area (TPSA) is 85.0 Å². The Morgan fingerprint density at radius 1 is 1.53 bits per heavy atom. The monoisotopic (exact) mass is 205 g/mol. The number of primary amides is 1. The minimum absolute atomic E-state index is 0.312. The molecule has 2 aliphatic heterocycles. The van der Waals surface area contributed by atoms with Crippen molar-refractivity contribution < 1.29 is 4.79 Å². The minimum atomic E-state index is -0.489. The van der Waals surface area contributed by atoms with Gasteiger partial charge in [-0.05, 0) is 5.57 Å². The molecule has 0 bridgehead atoms. The van der Waals surface area contributed by atoms with Crippen LogP contribution in [0.5, 0.6) is 0 Å². The molecule has 3 rings (SSSR count). The molecule has 0 aromatic carbocycles.